The Morgan fingerprint density at radius 2 is 2.09 bits per heavy atom. The summed E-state index contributed by atoms with van der Waals surface area (Å²) in [5.41, 5.74) is 1.65. The summed E-state index contributed by atoms with van der Waals surface area (Å²) in [5.74, 6) is 1.29. The lowest BCUT2D eigenvalue weighted by molar-refractivity contribution is 0.0995. The topological polar surface area (TPSA) is 73.6 Å². The second-order valence-corrected chi connectivity index (χ2v) is 6.30. The molecule has 1 N–H and O–H groups in total. The van der Waals surface area contributed by atoms with Crippen LogP contribution in [0.4, 0.5) is 5.13 Å². The molecule has 1 aromatic carbocycles. The Morgan fingerprint density at radius 3 is 2.91 bits per heavy atom. The Hall–Kier alpha value is -2.32. The highest BCUT2D eigenvalue weighted by Gasteiger charge is 2.16. The molecule has 23 heavy (non-hydrogen) atoms. The van der Waals surface area contributed by atoms with Crippen molar-refractivity contribution in [2.75, 3.05) is 12.1 Å². The van der Waals surface area contributed by atoms with E-state index in [-0.39, 0.29) is 18.5 Å². The Morgan fingerprint density at radius 1 is 1.22 bits per heavy atom. The molecule has 0 aliphatic carbocycles. The minimum absolute atomic E-state index is 0.219. The average Bonchev–Trinajstić information content (AvgIpc) is 3.26. The number of ether oxygens (including phenoxy) is 2. The van der Waals surface area contributed by atoms with Gasteiger partial charge >= 0.3 is 0 Å². The molecule has 4 rings (SSSR count). The number of hydrogen-bond acceptors (Lipinski definition) is 6. The number of hydrogen-bond donors (Lipinski definition) is 1. The second-order valence-electron chi connectivity index (χ2n) is 4.66. The number of anilines is 1. The molecule has 0 atom stereocenters. The summed E-state index contributed by atoms with van der Waals surface area (Å²) in [6.07, 6.45) is 0. The van der Waals surface area contributed by atoms with Gasteiger partial charge in [0.05, 0.1) is 5.69 Å². The predicted octanol–water partition coefficient (Wildman–Crippen LogP) is 4.15. The second kappa shape index (κ2) is 5.71. The Bertz CT molecular complexity index is 889. The number of fused-ring (bicyclic) bond motifs is 1. The van der Waals surface area contributed by atoms with Crippen molar-refractivity contribution in [1.29, 1.82) is 0 Å². The van der Waals surface area contributed by atoms with E-state index < -0.39 is 0 Å². The maximum absolute atomic E-state index is 12.0. The van der Waals surface area contributed by atoms with Crippen LogP contribution in [0.1, 0.15) is 10.6 Å². The van der Waals surface area contributed by atoms with Crippen LogP contribution < -0.4 is 14.8 Å². The third kappa shape index (κ3) is 2.82. The number of halogens is 1. The Kier molecular flexibility index (Phi) is 3.55. The number of thiazole rings is 1. The summed E-state index contributed by atoms with van der Waals surface area (Å²) in [6, 6.07) is 8.86. The highest BCUT2D eigenvalue weighted by atomic mass is 79.9. The molecule has 116 valence electrons. The van der Waals surface area contributed by atoms with Crippen molar-refractivity contribution in [3.8, 4) is 22.8 Å². The summed E-state index contributed by atoms with van der Waals surface area (Å²) in [6.45, 7) is 0.232. The standard InChI is InChI=1S/C15H9BrN2O4S/c16-13-4-3-11(22-13)14(19)18-15-17-9(6-23-15)8-1-2-10-12(5-8)21-7-20-10/h1-6H,7H2,(H,17,18,19). The lowest BCUT2D eigenvalue weighted by Crippen LogP contribution is -2.10. The first-order valence-electron chi connectivity index (χ1n) is 6.61. The van der Waals surface area contributed by atoms with Gasteiger partial charge in [-0.15, -0.1) is 11.3 Å². The van der Waals surface area contributed by atoms with Gasteiger partial charge < -0.3 is 13.9 Å². The summed E-state index contributed by atoms with van der Waals surface area (Å²) in [5, 5.41) is 5.07. The number of nitrogens with one attached hydrogen (secondary N) is 1. The van der Waals surface area contributed by atoms with E-state index in [1.54, 1.807) is 12.1 Å². The molecule has 0 fully saturated rings. The van der Waals surface area contributed by atoms with E-state index in [0.717, 1.165) is 17.0 Å². The smallest absolute Gasteiger partial charge is 0.293 e. The third-order valence-corrected chi connectivity index (χ3v) is 4.37. The van der Waals surface area contributed by atoms with E-state index in [2.05, 4.69) is 26.2 Å². The zero-order chi connectivity index (χ0) is 15.8. The molecule has 0 saturated heterocycles. The molecule has 2 aromatic heterocycles. The van der Waals surface area contributed by atoms with Crippen LogP contribution in [0.15, 0.2) is 44.8 Å². The molecule has 0 bridgehead atoms. The lowest BCUT2D eigenvalue weighted by Gasteiger charge is -2.00. The quantitative estimate of drug-likeness (QED) is 0.724. The highest BCUT2D eigenvalue weighted by molar-refractivity contribution is 9.10. The van der Waals surface area contributed by atoms with Gasteiger partial charge in [0.15, 0.2) is 27.1 Å². The zero-order valence-corrected chi connectivity index (χ0v) is 13.9. The first kappa shape index (κ1) is 14.3. The van der Waals surface area contributed by atoms with E-state index in [1.165, 1.54) is 11.3 Å². The molecule has 8 heteroatoms. The molecule has 1 aliphatic heterocycles. The van der Waals surface area contributed by atoms with Crippen molar-refractivity contribution in [2.45, 2.75) is 0 Å². The molecule has 3 heterocycles. The molecule has 0 spiro atoms. The fraction of sp³-hybridized carbons (Fsp3) is 0.0667. The first-order chi connectivity index (χ1) is 11.2. The molecule has 1 amide bonds. The van der Waals surface area contributed by atoms with E-state index in [1.807, 2.05) is 23.6 Å². The molecule has 3 aromatic rings. The van der Waals surface area contributed by atoms with Gasteiger partial charge in [-0.2, -0.15) is 0 Å². The van der Waals surface area contributed by atoms with Gasteiger partial charge in [-0.05, 0) is 46.3 Å². The third-order valence-electron chi connectivity index (χ3n) is 3.19. The fourth-order valence-electron chi connectivity index (χ4n) is 2.11. The van der Waals surface area contributed by atoms with E-state index in [9.17, 15) is 4.79 Å². The molecular formula is C15H9BrN2O4S. The summed E-state index contributed by atoms with van der Waals surface area (Å²) >= 11 is 4.50. The van der Waals surface area contributed by atoms with E-state index >= 15 is 0 Å². The van der Waals surface area contributed by atoms with Gasteiger partial charge in [-0.25, -0.2) is 4.98 Å². The Labute approximate surface area is 143 Å². The summed E-state index contributed by atoms with van der Waals surface area (Å²) in [4.78, 5) is 16.4. The van der Waals surface area contributed by atoms with Crippen LogP contribution in [0.25, 0.3) is 11.3 Å². The van der Waals surface area contributed by atoms with Gasteiger partial charge in [0.25, 0.3) is 5.91 Å². The van der Waals surface area contributed by atoms with Crippen LogP contribution in [-0.4, -0.2) is 17.7 Å². The molecule has 0 radical (unpaired) electrons. The monoisotopic (exact) mass is 392 g/mol. The number of rotatable bonds is 3. The average molecular weight is 393 g/mol. The van der Waals surface area contributed by atoms with E-state index in [4.69, 9.17) is 13.9 Å². The van der Waals surface area contributed by atoms with Gasteiger partial charge in [-0.3, -0.25) is 10.1 Å². The first-order valence-corrected chi connectivity index (χ1v) is 8.28. The van der Waals surface area contributed by atoms with Crippen molar-refractivity contribution in [1.82, 2.24) is 4.98 Å². The number of aromatic nitrogens is 1. The van der Waals surface area contributed by atoms with Crippen LogP contribution in [0, 0.1) is 0 Å². The van der Waals surface area contributed by atoms with Crippen LogP contribution >= 0.6 is 27.3 Å². The van der Waals surface area contributed by atoms with Crippen LogP contribution in [0.5, 0.6) is 11.5 Å². The molecule has 0 saturated carbocycles. The molecule has 6 nitrogen and oxygen atoms in total. The van der Waals surface area contributed by atoms with Crippen LogP contribution in [0.2, 0.25) is 0 Å². The molecule has 0 unspecified atom stereocenters. The van der Waals surface area contributed by atoms with Crippen LogP contribution in [-0.2, 0) is 0 Å². The number of nitrogens with zero attached hydrogens (tertiary/aromatic N) is 1. The fourth-order valence-corrected chi connectivity index (χ4v) is 3.14. The van der Waals surface area contributed by atoms with Crippen molar-refractivity contribution in [3.05, 3.63) is 46.1 Å². The van der Waals surface area contributed by atoms with Gasteiger partial charge in [0.1, 0.15) is 0 Å². The number of amides is 1. The van der Waals surface area contributed by atoms with Crippen molar-refractivity contribution >= 4 is 38.3 Å². The van der Waals surface area contributed by atoms with Gasteiger partial charge in [0.2, 0.25) is 6.79 Å². The van der Waals surface area contributed by atoms with Crippen LogP contribution in [0.3, 0.4) is 0 Å². The minimum atomic E-state index is -0.345. The normalized spacial score (nSPS) is 12.4. The molecular weight excluding hydrogens is 384 g/mol. The predicted molar refractivity (Wildman–Crippen MR) is 88.0 cm³/mol. The molecule has 1 aliphatic rings. The number of benzene rings is 1. The van der Waals surface area contributed by atoms with Crippen molar-refractivity contribution in [2.24, 2.45) is 0 Å². The Balaban J connectivity index is 1.54. The number of carbonyl (C=O) groups is 1. The van der Waals surface area contributed by atoms with Crippen molar-refractivity contribution < 1.29 is 18.7 Å². The zero-order valence-electron chi connectivity index (χ0n) is 11.5. The minimum Gasteiger partial charge on any atom is -0.454 e. The SMILES string of the molecule is O=C(Nc1nc(-c2ccc3c(c2)OCO3)cs1)c1ccc(Br)o1. The maximum Gasteiger partial charge on any atom is 0.293 e. The largest absolute Gasteiger partial charge is 0.454 e. The summed E-state index contributed by atoms with van der Waals surface area (Å²) in [7, 11) is 0. The number of carbonyl (C=O) groups excluding carboxylic acids is 1. The highest BCUT2D eigenvalue weighted by Crippen LogP contribution is 2.36. The van der Waals surface area contributed by atoms with Gasteiger partial charge in [-0.1, -0.05) is 0 Å². The number of furan rings is 1. The lowest BCUT2D eigenvalue weighted by atomic mass is 10.1. The van der Waals surface area contributed by atoms with Gasteiger partial charge in [0, 0.05) is 10.9 Å². The van der Waals surface area contributed by atoms with Crippen molar-refractivity contribution in [3.63, 3.8) is 0 Å². The van der Waals surface area contributed by atoms with E-state index in [0.29, 0.717) is 15.6 Å². The maximum atomic E-state index is 12.0. The summed E-state index contributed by atoms with van der Waals surface area (Å²) < 4.78 is 16.4.